The summed E-state index contributed by atoms with van der Waals surface area (Å²) in [6.45, 7) is 3.56. The van der Waals surface area contributed by atoms with Gasteiger partial charge in [0.1, 0.15) is 0 Å². The summed E-state index contributed by atoms with van der Waals surface area (Å²) >= 11 is 2.19. The highest BCUT2D eigenvalue weighted by atomic mass is 127. The Hall–Kier alpha value is 0.200. The highest BCUT2D eigenvalue weighted by molar-refractivity contribution is 14.1. The molecule has 1 atom stereocenters. The summed E-state index contributed by atoms with van der Waals surface area (Å²) in [6, 6.07) is 0. The van der Waals surface area contributed by atoms with Crippen molar-refractivity contribution in [2.24, 2.45) is 0 Å². The average Bonchev–Trinajstić information content (AvgIpc) is 1.65. The number of halogens is 1. The molecule has 0 saturated carbocycles. The van der Waals surface area contributed by atoms with Gasteiger partial charge in [0.25, 0.3) is 0 Å². The van der Waals surface area contributed by atoms with Gasteiger partial charge in [-0.3, -0.25) is 4.79 Å². The zero-order valence-electron chi connectivity index (χ0n) is 5.07. The zero-order valence-corrected chi connectivity index (χ0v) is 7.23. The molecule has 1 amide bonds. The SMILES string of the molecule is CCC(I)NC(C)=O. The van der Waals surface area contributed by atoms with Crippen molar-refractivity contribution in [2.45, 2.75) is 24.3 Å². The van der Waals surface area contributed by atoms with Gasteiger partial charge in [-0.15, -0.1) is 0 Å². The van der Waals surface area contributed by atoms with Gasteiger partial charge in [0.2, 0.25) is 5.91 Å². The first-order chi connectivity index (χ1) is 3.66. The van der Waals surface area contributed by atoms with E-state index in [9.17, 15) is 4.79 Å². The number of amides is 1. The zero-order chi connectivity index (χ0) is 6.57. The van der Waals surface area contributed by atoms with Crippen molar-refractivity contribution < 1.29 is 4.79 Å². The fourth-order valence-electron chi connectivity index (χ4n) is 0.323. The maximum absolute atomic E-state index is 10.3. The molecule has 0 aliphatic rings. The summed E-state index contributed by atoms with van der Waals surface area (Å²) in [5.74, 6) is 0.0475. The number of hydrogen-bond acceptors (Lipinski definition) is 1. The Morgan fingerprint density at radius 1 is 1.88 bits per heavy atom. The first-order valence-electron chi connectivity index (χ1n) is 2.58. The first kappa shape index (κ1) is 8.20. The van der Waals surface area contributed by atoms with E-state index in [2.05, 4.69) is 27.9 Å². The molecule has 0 heterocycles. The second-order valence-corrected chi connectivity index (χ2v) is 3.08. The molecule has 0 saturated heterocycles. The van der Waals surface area contributed by atoms with Gasteiger partial charge in [0.15, 0.2) is 0 Å². The van der Waals surface area contributed by atoms with Gasteiger partial charge >= 0.3 is 0 Å². The monoisotopic (exact) mass is 227 g/mol. The number of hydrogen-bond donors (Lipinski definition) is 1. The van der Waals surface area contributed by atoms with Crippen LogP contribution in [-0.2, 0) is 4.79 Å². The van der Waals surface area contributed by atoms with Gasteiger partial charge < -0.3 is 5.32 Å². The van der Waals surface area contributed by atoms with Crippen LogP contribution in [0.25, 0.3) is 0 Å². The largest absolute Gasteiger partial charge is 0.345 e. The Morgan fingerprint density at radius 3 is 2.50 bits per heavy atom. The van der Waals surface area contributed by atoms with Crippen LogP contribution in [0.5, 0.6) is 0 Å². The summed E-state index contributed by atoms with van der Waals surface area (Å²) in [6.07, 6.45) is 0.986. The predicted molar refractivity (Wildman–Crippen MR) is 41.9 cm³/mol. The summed E-state index contributed by atoms with van der Waals surface area (Å²) in [5.41, 5.74) is 0. The van der Waals surface area contributed by atoms with Crippen LogP contribution in [0.15, 0.2) is 0 Å². The quantitative estimate of drug-likeness (QED) is 0.430. The molecule has 0 aromatic rings. The topological polar surface area (TPSA) is 29.1 Å². The number of carbonyl (C=O) groups excluding carboxylic acids is 1. The molecule has 8 heavy (non-hydrogen) atoms. The van der Waals surface area contributed by atoms with E-state index in [1.165, 1.54) is 6.92 Å². The smallest absolute Gasteiger partial charge is 0.217 e. The van der Waals surface area contributed by atoms with Crippen LogP contribution in [0.4, 0.5) is 0 Å². The summed E-state index contributed by atoms with van der Waals surface area (Å²) in [7, 11) is 0. The third-order valence-electron chi connectivity index (χ3n) is 0.718. The van der Waals surface area contributed by atoms with Crippen LogP contribution < -0.4 is 5.32 Å². The highest BCUT2D eigenvalue weighted by Crippen LogP contribution is 1.98. The number of rotatable bonds is 2. The second-order valence-electron chi connectivity index (χ2n) is 1.58. The van der Waals surface area contributed by atoms with Crippen LogP contribution in [0.2, 0.25) is 0 Å². The Labute approximate surface area is 63.2 Å². The molecule has 0 aliphatic heterocycles. The summed E-state index contributed by atoms with van der Waals surface area (Å²) in [5, 5.41) is 2.74. The molecule has 2 nitrogen and oxygen atoms in total. The normalized spacial score (nSPS) is 12.9. The molecule has 0 fully saturated rings. The third-order valence-corrected chi connectivity index (χ3v) is 1.91. The average molecular weight is 227 g/mol. The molecule has 1 N–H and O–H groups in total. The molecule has 0 spiro atoms. The minimum atomic E-state index is 0.0475. The van der Waals surface area contributed by atoms with E-state index >= 15 is 0 Å². The van der Waals surface area contributed by atoms with E-state index in [1.807, 2.05) is 6.92 Å². The minimum Gasteiger partial charge on any atom is -0.345 e. The molecule has 0 aliphatic carbocycles. The molecule has 0 aromatic heterocycles. The highest BCUT2D eigenvalue weighted by Gasteiger charge is 1.98. The van der Waals surface area contributed by atoms with Crippen LogP contribution in [0.1, 0.15) is 20.3 Å². The van der Waals surface area contributed by atoms with Crippen molar-refractivity contribution in [1.82, 2.24) is 5.32 Å². The Bertz CT molecular complexity index is 84.5. The third kappa shape index (κ3) is 4.36. The molecule has 3 heteroatoms. The molecule has 0 bridgehead atoms. The lowest BCUT2D eigenvalue weighted by Gasteiger charge is -2.05. The second kappa shape index (κ2) is 4.12. The van der Waals surface area contributed by atoms with E-state index in [1.54, 1.807) is 0 Å². The summed E-state index contributed by atoms with van der Waals surface area (Å²) < 4.78 is 0.296. The van der Waals surface area contributed by atoms with E-state index in [0.717, 1.165) is 6.42 Å². The van der Waals surface area contributed by atoms with Crippen LogP contribution in [0, 0.1) is 0 Å². The van der Waals surface area contributed by atoms with Crippen LogP contribution in [-0.4, -0.2) is 9.96 Å². The Kier molecular flexibility index (Phi) is 4.22. The van der Waals surface area contributed by atoms with Gasteiger partial charge in [-0.05, 0) is 6.42 Å². The maximum atomic E-state index is 10.3. The van der Waals surface area contributed by atoms with E-state index in [-0.39, 0.29) is 5.91 Å². The molecule has 1 unspecified atom stereocenters. The van der Waals surface area contributed by atoms with E-state index in [0.29, 0.717) is 4.05 Å². The molecule has 48 valence electrons. The lowest BCUT2D eigenvalue weighted by atomic mass is 10.5. The van der Waals surface area contributed by atoms with Crippen molar-refractivity contribution in [3.05, 3.63) is 0 Å². The van der Waals surface area contributed by atoms with E-state index in [4.69, 9.17) is 0 Å². The molecular weight excluding hydrogens is 217 g/mol. The van der Waals surface area contributed by atoms with Crippen molar-refractivity contribution in [1.29, 1.82) is 0 Å². The van der Waals surface area contributed by atoms with Crippen LogP contribution >= 0.6 is 22.6 Å². The standard InChI is InChI=1S/C5H10INO/c1-3-5(6)7-4(2)8/h5H,3H2,1-2H3,(H,7,8). The fraction of sp³-hybridized carbons (Fsp3) is 0.800. The van der Waals surface area contributed by atoms with E-state index < -0.39 is 0 Å². The maximum Gasteiger partial charge on any atom is 0.217 e. The lowest BCUT2D eigenvalue weighted by Crippen LogP contribution is -2.26. The van der Waals surface area contributed by atoms with Crippen molar-refractivity contribution in [2.75, 3.05) is 0 Å². The predicted octanol–water partition coefficient (Wildman–Crippen LogP) is 1.29. The lowest BCUT2D eigenvalue weighted by molar-refractivity contribution is -0.119. The fourth-order valence-corrected chi connectivity index (χ4v) is 0.761. The van der Waals surface area contributed by atoms with Gasteiger partial charge in [0, 0.05) is 6.92 Å². The first-order valence-corrected chi connectivity index (χ1v) is 3.82. The van der Waals surface area contributed by atoms with Gasteiger partial charge in [-0.2, -0.15) is 0 Å². The van der Waals surface area contributed by atoms with Gasteiger partial charge in [0.05, 0.1) is 4.05 Å². The minimum absolute atomic E-state index is 0.0475. The molecule has 0 aromatic carbocycles. The Morgan fingerprint density at radius 2 is 2.38 bits per heavy atom. The Balaban J connectivity index is 3.24. The molecular formula is C5H10INO. The van der Waals surface area contributed by atoms with Crippen molar-refractivity contribution in [3.8, 4) is 0 Å². The number of alkyl halides is 1. The number of nitrogens with one attached hydrogen (secondary N) is 1. The molecule has 0 radical (unpaired) electrons. The molecule has 0 rings (SSSR count). The van der Waals surface area contributed by atoms with Gasteiger partial charge in [-0.25, -0.2) is 0 Å². The number of carbonyl (C=O) groups is 1. The van der Waals surface area contributed by atoms with Crippen LogP contribution in [0.3, 0.4) is 0 Å². The summed E-state index contributed by atoms with van der Waals surface area (Å²) in [4.78, 5) is 10.3. The van der Waals surface area contributed by atoms with Crippen molar-refractivity contribution >= 4 is 28.5 Å². The van der Waals surface area contributed by atoms with Crippen molar-refractivity contribution in [3.63, 3.8) is 0 Å². The van der Waals surface area contributed by atoms with Gasteiger partial charge in [-0.1, -0.05) is 29.5 Å².